The molecule has 0 aliphatic carbocycles. The van der Waals surface area contributed by atoms with E-state index < -0.39 is 0 Å². The Morgan fingerprint density at radius 2 is 2.14 bits per heavy atom. The quantitative estimate of drug-likeness (QED) is 0.669. The van der Waals surface area contributed by atoms with Crippen molar-refractivity contribution in [2.24, 2.45) is 4.99 Å². The van der Waals surface area contributed by atoms with E-state index in [-0.39, 0.29) is 0 Å². The van der Waals surface area contributed by atoms with E-state index in [2.05, 4.69) is 30.7 Å². The van der Waals surface area contributed by atoms with Crippen molar-refractivity contribution in [1.82, 2.24) is 4.98 Å². The van der Waals surface area contributed by atoms with Crippen molar-refractivity contribution in [2.75, 3.05) is 0 Å². The molecule has 0 amide bonds. The molecule has 0 saturated carbocycles. The van der Waals surface area contributed by atoms with Crippen LogP contribution in [0.3, 0.4) is 0 Å². The molecular formula is C12H18N2. The molecule has 0 atom stereocenters. The Kier molecular flexibility index (Phi) is 3.81. The third kappa shape index (κ3) is 2.66. The molecule has 2 heteroatoms. The summed E-state index contributed by atoms with van der Waals surface area (Å²) in [6.45, 7) is 8.33. The first kappa shape index (κ1) is 10.9. The van der Waals surface area contributed by atoms with Crippen molar-refractivity contribution in [3.63, 3.8) is 0 Å². The molecule has 14 heavy (non-hydrogen) atoms. The Labute approximate surface area is 86.1 Å². The summed E-state index contributed by atoms with van der Waals surface area (Å²) in [5, 5.41) is 0. The summed E-state index contributed by atoms with van der Waals surface area (Å²) in [6.07, 6.45) is 4.04. The highest BCUT2D eigenvalue weighted by Crippen LogP contribution is 2.21. The molecule has 2 nitrogen and oxygen atoms in total. The van der Waals surface area contributed by atoms with E-state index in [9.17, 15) is 0 Å². The van der Waals surface area contributed by atoms with Gasteiger partial charge in [0, 0.05) is 11.9 Å². The Morgan fingerprint density at radius 1 is 1.43 bits per heavy atom. The second kappa shape index (κ2) is 4.89. The van der Waals surface area contributed by atoms with Crippen molar-refractivity contribution < 1.29 is 0 Å². The minimum absolute atomic E-state index is 1.01. The van der Waals surface area contributed by atoms with Crippen LogP contribution in [0.1, 0.15) is 37.9 Å². The molecule has 0 radical (unpaired) electrons. The van der Waals surface area contributed by atoms with Crippen LogP contribution in [0.4, 0.5) is 5.69 Å². The zero-order valence-electron chi connectivity index (χ0n) is 9.46. The number of aliphatic imine (C=N–C) groups is 1. The van der Waals surface area contributed by atoms with E-state index in [0.29, 0.717) is 0 Å². The third-order valence-electron chi connectivity index (χ3n) is 2.22. The fourth-order valence-corrected chi connectivity index (χ4v) is 1.46. The van der Waals surface area contributed by atoms with Gasteiger partial charge in [-0.3, -0.25) is 9.98 Å². The van der Waals surface area contributed by atoms with Crippen LogP contribution < -0.4 is 0 Å². The van der Waals surface area contributed by atoms with E-state index in [1.165, 1.54) is 11.3 Å². The molecular weight excluding hydrogens is 172 g/mol. The second-order valence-corrected chi connectivity index (χ2v) is 3.66. The van der Waals surface area contributed by atoms with Crippen LogP contribution in [-0.4, -0.2) is 10.7 Å². The first-order valence-corrected chi connectivity index (χ1v) is 5.11. The molecule has 0 aliphatic rings. The minimum atomic E-state index is 1.01. The van der Waals surface area contributed by atoms with Crippen molar-refractivity contribution in [3.8, 4) is 0 Å². The maximum Gasteiger partial charge on any atom is 0.0870 e. The highest BCUT2D eigenvalue weighted by atomic mass is 14.8. The summed E-state index contributed by atoms with van der Waals surface area (Å²) < 4.78 is 0. The average Bonchev–Trinajstić information content (AvgIpc) is 2.12. The smallest absolute Gasteiger partial charge is 0.0870 e. The maximum atomic E-state index is 4.60. The lowest BCUT2D eigenvalue weighted by Crippen LogP contribution is -1.92. The first-order chi connectivity index (χ1) is 6.65. The predicted octanol–water partition coefficient (Wildman–Crippen LogP) is 3.59. The van der Waals surface area contributed by atoms with Crippen LogP contribution in [0.5, 0.6) is 0 Å². The molecule has 0 saturated heterocycles. The van der Waals surface area contributed by atoms with Crippen LogP contribution in [0, 0.1) is 13.8 Å². The Morgan fingerprint density at radius 3 is 2.71 bits per heavy atom. The van der Waals surface area contributed by atoms with Gasteiger partial charge in [-0.2, -0.15) is 0 Å². The molecule has 1 heterocycles. The van der Waals surface area contributed by atoms with Crippen LogP contribution >= 0.6 is 0 Å². The van der Waals surface area contributed by atoms with Gasteiger partial charge in [0.05, 0.1) is 11.4 Å². The monoisotopic (exact) mass is 190 g/mol. The van der Waals surface area contributed by atoms with Gasteiger partial charge in [-0.15, -0.1) is 0 Å². The fourth-order valence-electron chi connectivity index (χ4n) is 1.46. The zero-order chi connectivity index (χ0) is 10.6. The normalized spacial score (nSPS) is 11.9. The lowest BCUT2D eigenvalue weighted by molar-refractivity contribution is 0.986. The third-order valence-corrected chi connectivity index (χ3v) is 2.22. The molecule has 1 aromatic rings. The number of hydrogen-bond donors (Lipinski definition) is 0. The van der Waals surface area contributed by atoms with Gasteiger partial charge in [0.1, 0.15) is 0 Å². The number of aryl methyl sites for hydroxylation is 2. The van der Waals surface area contributed by atoms with Gasteiger partial charge in [0.25, 0.3) is 0 Å². The summed E-state index contributed by atoms with van der Waals surface area (Å²) in [6, 6.07) is 2.01. The molecule has 0 unspecified atom stereocenters. The van der Waals surface area contributed by atoms with Crippen molar-refractivity contribution >= 4 is 11.4 Å². The summed E-state index contributed by atoms with van der Waals surface area (Å²) >= 11 is 0. The van der Waals surface area contributed by atoms with E-state index in [4.69, 9.17) is 0 Å². The molecule has 1 rings (SSSR count). The molecule has 0 aliphatic heterocycles. The summed E-state index contributed by atoms with van der Waals surface area (Å²) in [5.41, 5.74) is 4.44. The zero-order valence-corrected chi connectivity index (χ0v) is 9.46. The lowest BCUT2D eigenvalue weighted by Gasteiger charge is -2.04. The van der Waals surface area contributed by atoms with E-state index in [1.54, 1.807) is 0 Å². The summed E-state index contributed by atoms with van der Waals surface area (Å²) in [4.78, 5) is 8.85. The maximum absolute atomic E-state index is 4.60. The topological polar surface area (TPSA) is 25.2 Å². The number of pyridine rings is 1. The van der Waals surface area contributed by atoms with Gasteiger partial charge in [0.2, 0.25) is 0 Å². The number of rotatable bonds is 3. The van der Waals surface area contributed by atoms with Gasteiger partial charge in [-0.05, 0) is 38.8 Å². The molecule has 0 aromatic carbocycles. The van der Waals surface area contributed by atoms with Gasteiger partial charge in [-0.25, -0.2) is 0 Å². The molecule has 0 bridgehead atoms. The fraction of sp³-hybridized carbons (Fsp3) is 0.500. The highest BCUT2D eigenvalue weighted by Gasteiger charge is 2.01. The van der Waals surface area contributed by atoms with E-state index >= 15 is 0 Å². The Hall–Kier alpha value is -1.18. The standard InChI is InChI=1S/C12H18N2/c1-5-6-10(3)14-12-9(2)7-8-13-11(12)4/h7-8H,5-6H2,1-4H3. The van der Waals surface area contributed by atoms with Gasteiger partial charge < -0.3 is 0 Å². The first-order valence-electron chi connectivity index (χ1n) is 5.11. The van der Waals surface area contributed by atoms with Crippen molar-refractivity contribution in [1.29, 1.82) is 0 Å². The Balaban J connectivity index is 3.01. The van der Waals surface area contributed by atoms with Crippen molar-refractivity contribution in [3.05, 3.63) is 23.5 Å². The molecule has 76 valence electrons. The van der Waals surface area contributed by atoms with E-state index in [0.717, 1.165) is 24.2 Å². The van der Waals surface area contributed by atoms with Gasteiger partial charge in [-0.1, -0.05) is 13.3 Å². The van der Waals surface area contributed by atoms with Gasteiger partial charge in [0.15, 0.2) is 0 Å². The lowest BCUT2D eigenvalue weighted by atomic mass is 10.2. The number of nitrogens with zero attached hydrogens (tertiary/aromatic N) is 2. The predicted molar refractivity (Wildman–Crippen MR) is 61.4 cm³/mol. The van der Waals surface area contributed by atoms with E-state index in [1.807, 2.05) is 19.2 Å². The molecule has 0 fully saturated rings. The number of hydrogen-bond acceptors (Lipinski definition) is 2. The molecule has 0 spiro atoms. The second-order valence-electron chi connectivity index (χ2n) is 3.66. The van der Waals surface area contributed by atoms with Gasteiger partial charge >= 0.3 is 0 Å². The van der Waals surface area contributed by atoms with Crippen molar-refractivity contribution in [2.45, 2.75) is 40.5 Å². The highest BCUT2D eigenvalue weighted by molar-refractivity contribution is 5.85. The largest absolute Gasteiger partial charge is 0.259 e. The minimum Gasteiger partial charge on any atom is -0.259 e. The SMILES string of the molecule is CCCC(C)=Nc1c(C)ccnc1C. The average molecular weight is 190 g/mol. The van der Waals surface area contributed by atoms with Crippen LogP contribution in [-0.2, 0) is 0 Å². The summed E-state index contributed by atoms with van der Waals surface area (Å²) in [7, 11) is 0. The summed E-state index contributed by atoms with van der Waals surface area (Å²) in [5.74, 6) is 0. The molecule has 0 N–H and O–H groups in total. The van der Waals surface area contributed by atoms with Crippen LogP contribution in [0.15, 0.2) is 17.3 Å². The number of aromatic nitrogens is 1. The van der Waals surface area contributed by atoms with Crippen LogP contribution in [0.2, 0.25) is 0 Å². The van der Waals surface area contributed by atoms with Crippen LogP contribution in [0.25, 0.3) is 0 Å². The molecule has 1 aromatic heterocycles. The Bertz CT molecular complexity index is 320.